The van der Waals surface area contributed by atoms with Gasteiger partial charge in [-0.3, -0.25) is 0 Å². The van der Waals surface area contributed by atoms with Crippen molar-refractivity contribution in [2.75, 3.05) is 18.8 Å². The maximum atomic E-state index is 12.1. The normalized spacial score (nSPS) is 17.2. The average Bonchev–Trinajstić information content (AvgIpc) is 2.23. The van der Waals surface area contributed by atoms with Crippen LogP contribution < -0.4 is 5.32 Å². The van der Waals surface area contributed by atoms with E-state index in [1.165, 1.54) is 5.56 Å². The lowest BCUT2D eigenvalue weighted by molar-refractivity contribution is 0.378. The molecule has 1 aliphatic heterocycles. The second-order valence-electron chi connectivity index (χ2n) is 6.53. The van der Waals surface area contributed by atoms with Gasteiger partial charge in [0.1, 0.15) is 0 Å². The lowest BCUT2D eigenvalue weighted by Gasteiger charge is -2.26. The van der Waals surface area contributed by atoms with E-state index in [1.54, 1.807) is 0 Å². The van der Waals surface area contributed by atoms with Gasteiger partial charge in [-0.05, 0) is 22.5 Å². The fourth-order valence-electron chi connectivity index (χ4n) is 2.24. The quantitative estimate of drug-likeness (QED) is 0.919. The van der Waals surface area contributed by atoms with Crippen molar-refractivity contribution in [3.63, 3.8) is 0 Å². The summed E-state index contributed by atoms with van der Waals surface area (Å²) >= 11 is 0. The van der Waals surface area contributed by atoms with E-state index in [9.17, 15) is 8.42 Å². The molecule has 0 saturated carbocycles. The molecule has 0 amide bonds. The Morgan fingerprint density at radius 1 is 1.16 bits per heavy atom. The molecule has 0 radical (unpaired) electrons. The number of sulfone groups is 1. The smallest absolute Gasteiger partial charge is 0.154 e. The van der Waals surface area contributed by atoms with E-state index in [0.29, 0.717) is 11.7 Å². The maximum absolute atomic E-state index is 12.1. The number of nitrogens with one attached hydrogen (secondary N) is 1. The van der Waals surface area contributed by atoms with Gasteiger partial charge in [0.05, 0.1) is 11.5 Å². The van der Waals surface area contributed by atoms with Gasteiger partial charge in [-0.25, -0.2) is 8.42 Å². The van der Waals surface area contributed by atoms with Crippen LogP contribution in [0.2, 0.25) is 0 Å². The topological polar surface area (TPSA) is 46.2 Å². The molecule has 1 N–H and O–H groups in total. The van der Waals surface area contributed by atoms with Crippen LogP contribution in [-0.2, 0) is 21.0 Å². The Kier molecular flexibility index (Phi) is 4.02. The molecule has 1 aromatic carbocycles. The molecule has 0 atom stereocenters. The third-order valence-corrected chi connectivity index (χ3v) is 5.31. The molecule has 1 saturated heterocycles. The van der Waals surface area contributed by atoms with Gasteiger partial charge in [-0.1, -0.05) is 45.0 Å². The second kappa shape index (κ2) is 5.25. The van der Waals surface area contributed by atoms with Crippen LogP contribution in [0.5, 0.6) is 0 Å². The number of benzene rings is 1. The van der Waals surface area contributed by atoms with E-state index in [2.05, 4.69) is 26.1 Å². The van der Waals surface area contributed by atoms with Crippen molar-refractivity contribution in [1.29, 1.82) is 0 Å². The fraction of sp³-hybridized carbons (Fsp3) is 0.600. The molecule has 1 aromatic rings. The Labute approximate surface area is 116 Å². The highest BCUT2D eigenvalue weighted by Crippen LogP contribution is 2.23. The minimum atomic E-state index is -2.98. The van der Waals surface area contributed by atoms with Gasteiger partial charge in [0.2, 0.25) is 0 Å². The molecule has 106 valence electrons. The summed E-state index contributed by atoms with van der Waals surface area (Å²) in [6.45, 7) is 8.14. The highest BCUT2D eigenvalue weighted by molar-refractivity contribution is 7.90. The summed E-state index contributed by atoms with van der Waals surface area (Å²) in [4.78, 5) is 0. The molecular weight excluding hydrogens is 258 g/mol. The zero-order chi connectivity index (χ0) is 14.1. The van der Waals surface area contributed by atoms with Crippen LogP contribution in [0.3, 0.4) is 0 Å². The zero-order valence-electron chi connectivity index (χ0n) is 11.9. The molecule has 0 unspecified atom stereocenters. The van der Waals surface area contributed by atoms with Crippen LogP contribution in [0.4, 0.5) is 0 Å². The van der Waals surface area contributed by atoms with Gasteiger partial charge in [-0.15, -0.1) is 0 Å². The SMILES string of the molecule is CC(C)(C)c1ccc(CS(=O)(=O)CC2CNC2)cc1. The Hall–Kier alpha value is -0.870. The first-order chi connectivity index (χ1) is 8.76. The van der Waals surface area contributed by atoms with E-state index in [0.717, 1.165) is 18.7 Å². The first-order valence-electron chi connectivity index (χ1n) is 6.77. The van der Waals surface area contributed by atoms with Gasteiger partial charge in [0, 0.05) is 13.1 Å². The number of hydrogen-bond acceptors (Lipinski definition) is 3. The van der Waals surface area contributed by atoms with Crippen molar-refractivity contribution < 1.29 is 8.42 Å². The third kappa shape index (κ3) is 4.05. The van der Waals surface area contributed by atoms with Crippen LogP contribution in [0.15, 0.2) is 24.3 Å². The molecule has 4 heteroatoms. The van der Waals surface area contributed by atoms with Gasteiger partial charge in [-0.2, -0.15) is 0 Å². The van der Waals surface area contributed by atoms with E-state index >= 15 is 0 Å². The van der Waals surface area contributed by atoms with Gasteiger partial charge >= 0.3 is 0 Å². The first kappa shape index (κ1) is 14.5. The number of hydrogen-bond donors (Lipinski definition) is 1. The van der Waals surface area contributed by atoms with Gasteiger partial charge in [0.25, 0.3) is 0 Å². The van der Waals surface area contributed by atoms with Crippen molar-refractivity contribution in [3.05, 3.63) is 35.4 Å². The molecule has 0 bridgehead atoms. The molecule has 1 aliphatic rings. The van der Waals surface area contributed by atoms with Gasteiger partial charge < -0.3 is 5.32 Å². The molecule has 1 heterocycles. The lowest BCUT2D eigenvalue weighted by Crippen LogP contribution is -2.45. The van der Waals surface area contributed by atoms with Crippen LogP contribution in [-0.4, -0.2) is 27.3 Å². The fourth-order valence-corrected chi connectivity index (χ4v) is 4.01. The predicted molar refractivity (Wildman–Crippen MR) is 79.0 cm³/mol. The van der Waals surface area contributed by atoms with E-state index in [4.69, 9.17) is 0 Å². The molecule has 2 rings (SSSR count). The highest BCUT2D eigenvalue weighted by Gasteiger charge is 2.24. The Bertz CT molecular complexity index is 522. The first-order valence-corrected chi connectivity index (χ1v) is 8.59. The van der Waals surface area contributed by atoms with Gasteiger partial charge in [0.15, 0.2) is 9.84 Å². The Morgan fingerprint density at radius 3 is 2.16 bits per heavy atom. The second-order valence-corrected chi connectivity index (χ2v) is 8.63. The average molecular weight is 281 g/mol. The van der Waals surface area contributed by atoms with Crippen LogP contribution in [0.1, 0.15) is 31.9 Å². The summed E-state index contributed by atoms with van der Waals surface area (Å²) in [5, 5.41) is 3.11. The molecule has 0 aromatic heterocycles. The molecule has 0 spiro atoms. The Morgan fingerprint density at radius 2 is 1.74 bits per heavy atom. The summed E-state index contributed by atoms with van der Waals surface area (Å²) in [7, 11) is -2.98. The Balaban J connectivity index is 2.02. The summed E-state index contributed by atoms with van der Waals surface area (Å²) in [6.07, 6.45) is 0. The molecule has 1 fully saturated rings. The highest BCUT2D eigenvalue weighted by atomic mass is 32.2. The summed E-state index contributed by atoms with van der Waals surface area (Å²) in [5.41, 5.74) is 2.23. The van der Waals surface area contributed by atoms with Crippen LogP contribution in [0.25, 0.3) is 0 Å². The standard InChI is InChI=1S/C15H23NO2S/c1-15(2,3)14-6-4-12(5-7-14)10-19(17,18)11-13-8-16-9-13/h4-7,13,16H,8-11H2,1-3H3. The summed E-state index contributed by atoms with van der Waals surface area (Å²) in [6, 6.07) is 7.96. The van der Waals surface area contributed by atoms with Crippen molar-refractivity contribution in [1.82, 2.24) is 5.32 Å². The van der Waals surface area contributed by atoms with Crippen molar-refractivity contribution >= 4 is 9.84 Å². The van der Waals surface area contributed by atoms with E-state index in [1.807, 2.05) is 24.3 Å². The van der Waals surface area contributed by atoms with E-state index in [-0.39, 0.29) is 11.2 Å². The largest absolute Gasteiger partial charge is 0.316 e. The number of rotatable bonds is 4. The lowest BCUT2D eigenvalue weighted by atomic mass is 9.87. The summed E-state index contributed by atoms with van der Waals surface area (Å²) < 4.78 is 24.1. The molecule has 3 nitrogen and oxygen atoms in total. The minimum Gasteiger partial charge on any atom is -0.316 e. The minimum absolute atomic E-state index is 0.106. The zero-order valence-corrected chi connectivity index (χ0v) is 12.8. The third-order valence-electron chi connectivity index (χ3n) is 3.56. The van der Waals surface area contributed by atoms with Crippen molar-refractivity contribution in [2.45, 2.75) is 31.9 Å². The van der Waals surface area contributed by atoms with Crippen LogP contribution in [0, 0.1) is 5.92 Å². The van der Waals surface area contributed by atoms with Crippen molar-refractivity contribution in [3.8, 4) is 0 Å². The predicted octanol–water partition coefficient (Wildman–Crippen LogP) is 2.12. The molecule has 0 aliphatic carbocycles. The molecule has 19 heavy (non-hydrogen) atoms. The van der Waals surface area contributed by atoms with Crippen molar-refractivity contribution in [2.24, 2.45) is 5.92 Å². The monoisotopic (exact) mass is 281 g/mol. The van der Waals surface area contributed by atoms with E-state index < -0.39 is 9.84 Å². The molecular formula is C15H23NO2S. The summed E-state index contributed by atoms with van der Waals surface area (Å²) in [5.74, 6) is 0.772. The van der Waals surface area contributed by atoms with Crippen LogP contribution >= 0.6 is 0 Å². The maximum Gasteiger partial charge on any atom is 0.154 e.